The van der Waals surface area contributed by atoms with Crippen molar-refractivity contribution >= 4 is 23.6 Å². The van der Waals surface area contributed by atoms with Gasteiger partial charge in [0.15, 0.2) is 0 Å². The van der Waals surface area contributed by atoms with Gasteiger partial charge in [-0.05, 0) is 25.9 Å². The number of fused-ring (bicyclic) bond motifs is 1. The number of piperidine rings is 1. The normalized spacial score (nSPS) is 38.2. The highest BCUT2D eigenvalue weighted by Gasteiger charge is 2.56. The molecule has 6 nitrogen and oxygen atoms in total. The van der Waals surface area contributed by atoms with Crippen LogP contribution in [0.25, 0.3) is 0 Å². The number of carbonyl (C=O) groups excluding carboxylic acids is 2. The number of primary amides is 1. The number of thioether (sulfide) groups is 1. The summed E-state index contributed by atoms with van der Waals surface area (Å²) < 4.78 is 0. The molecule has 0 radical (unpaired) electrons. The summed E-state index contributed by atoms with van der Waals surface area (Å²) >= 11 is 1.62. The number of amides is 2. The number of hydrogen-bond donors (Lipinski definition) is 2. The summed E-state index contributed by atoms with van der Waals surface area (Å²) in [6.45, 7) is 2.64. The lowest BCUT2D eigenvalue weighted by molar-refractivity contribution is -0.138. The molecule has 3 aliphatic rings. The van der Waals surface area contributed by atoms with Gasteiger partial charge in [0.25, 0.3) is 0 Å². The Bertz CT molecular complexity index is 427. The smallest absolute Gasteiger partial charge is 0.245 e. The fraction of sp³-hybridized carbons (Fsp3) is 0.846. The molecule has 4 N–H and O–H groups in total. The predicted molar refractivity (Wildman–Crippen MR) is 77.9 cm³/mol. The van der Waals surface area contributed by atoms with Gasteiger partial charge >= 0.3 is 0 Å². The lowest BCUT2D eigenvalue weighted by Crippen LogP contribution is -2.58. The first-order valence-electron chi connectivity index (χ1n) is 7.26. The Kier molecular flexibility index (Phi) is 3.68. The van der Waals surface area contributed by atoms with E-state index in [1.165, 1.54) is 19.3 Å². The molecule has 112 valence electrons. The molecule has 3 saturated heterocycles. The van der Waals surface area contributed by atoms with Crippen LogP contribution in [0.5, 0.6) is 0 Å². The Hall–Kier alpha value is -0.790. The second-order valence-electron chi connectivity index (χ2n) is 6.12. The number of carbonyl (C=O) groups is 2. The molecule has 0 unspecified atom stereocenters. The van der Waals surface area contributed by atoms with E-state index in [4.69, 9.17) is 11.5 Å². The summed E-state index contributed by atoms with van der Waals surface area (Å²) in [6.07, 6.45) is 4.24. The van der Waals surface area contributed by atoms with E-state index in [2.05, 4.69) is 4.90 Å². The maximum absolute atomic E-state index is 12.7. The Balaban J connectivity index is 1.72. The monoisotopic (exact) mass is 298 g/mol. The van der Waals surface area contributed by atoms with Gasteiger partial charge in [0.1, 0.15) is 11.6 Å². The van der Waals surface area contributed by atoms with Crippen LogP contribution in [0.2, 0.25) is 0 Å². The zero-order valence-electron chi connectivity index (χ0n) is 11.6. The van der Waals surface area contributed by atoms with Crippen molar-refractivity contribution in [3.8, 4) is 0 Å². The molecule has 3 heterocycles. The van der Waals surface area contributed by atoms with Crippen LogP contribution in [0.4, 0.5) is 0 Å². The van der Waals surface area contributed by atoms with Crippen LogP contribution >= 0.6 is 11.8 Å². The molecule has 0 saturated carbocycles. The highest BCUT2D eigenvalue weighted by molar-refractivity contribution is 8.00. The first-order chi connectivity index (χ1) is 9.51. The van der Waals surface area contributed by atoms with Crippen molar-refractivity contribution in [1.82, 2.24) is 9.80 Å². The number of nitrogens with two attached hydrogens (primary N) is 2. The first kappa shape index (κ1) is 14.2. The Morgan fingerprint density at radius 1 is 1.35 bits per heavy atom. The number of nitrogens with zero attached hydrogens (tertiary/aromatic N) is 2. The van der Waals surface area contributed by atoms with E-state index in [1.54, 1.807) is 16.7 Å². The first-order valence-corrected chi connectivity index (χ1v) is 8.31. The van der Waals surface area contributed by atoms with Crippen molar-refractivity contribution in [2.45, 2.75) is 42.6 Å². The van der Waals surface area contributed by atoms with Crippen molar-refractivity contribution in [1.29, 1.82) is 0 Å². The second-order valence-corrected chi connectivity index (χ2v) is 7.33. The predicted octanol–water partition coefficient (Wildman–Crippen LogP) is -0.671. The lowest BCUT2D eigenvalue weighted by Gasteiger charge is -2.34. The van der Waals surface area contributed by atoms with E-state index in [9.17, 15) is 9.59 Å². The van der Waals surface area contributed by atoms with Crippen molar-refractivity contribution in [3.05, 3.63) is 0 Å². The van der Waals surface area contributed by atoms with Crippen molar-refractivity contribution < 1.29 is 9.59 Å². The van der Waals surface area contributed by atoms with Gasteiger partial charge in [-0.15, -0.1) is 11.8 Å². The van der Waals surface area contributed by atoms with Crippen LogP contribution in [0.3, 0.4) is 0 Å². The minimum atomic E-state index is -0.844. The van der Waals surface area contributed by atoms with Crippen LogP contribution < -0.4 is 11.5 Å². The van der Waals surface area contributed by atoms with Crippen LogP contribution in [-0.2, 0) is 9.59 Å². The fourth-order valence-electron chi connectivity index (χ4n) is 3.52. The lowest BCUT2D eigenvalue weighted by atomic mass is 9.97. The molecular formula is C13H22N4O2S. The minimum absolute atomic E-state index is 0.0230. The third-order valence-corrected chi connectivity index (χ3v) is 5.86. The van der Waals surface area contributed by atoms with Gasteiger partial charge in [-0.3, -0.25) is 9.59 Å². The molecule has 0 aliphatic carbocycles. The number of rotatable bonds is 3. The van der Waals surface area contributed by atoms with E-state index < -0.39 is 17.5 Å². The van der Waals surface area contributed by atoms with E-state index in [-0.39, 0.29) is 11.3 Å². The van der Waals surface area contributed by atoms with E-state index >= 15 is 0 Å². The average Bonchev–Trinajstić information content (AvgIpc) is 2.91. The minimum Gasteiger partial charge on any atom is -0.368 e. The Morgan fingerprint density at radius 2 is 2.05 bits per heavy atom. The maximum atomic E-state index is 12.7. The van der Waals surface area contributed by atoms with Gasteiger partial charge in [0.2, 0.25) is 11.8 Å². The fourth-order valence-corrected chi connectivity index (χ4v) is 5.06. The van der Waals surface area contributed by atoms with E-state index in [0.717, 1.165) is 13.1 Å². The quantitative estimate of drug-likeness (QED) is 0.721. The average molecular weight is 298 g/mol. The molecular weight excluding hydrogens is 276 g/mol. The topological polar surface area (TPSA) is 92.7 Å². The van der Waals surface area contributed by atoms with Crippen molar-refractivity contribution in [3.63, 3.8) is 0 Å². The van der Waals surface area contributed by atoms with Crippen molar-refractivity contribution in [2.75, 3.05) is 25.4 Å². The molecule has 0 aromatic carbocycles. The van der Waals surface area contributed by atoms with Gasteiger partial charge < -0.3 is 21.3 Å². The Morgan fingerprint density at radius 3 is 2.70 bits per heavy atom. The van der Waals surface area contributed by atoms with Crippen LogP contribution in [0.1, 0.15) is 25.7 Å². The SMILES string of the molecule is NC(=O)[C@@H]1CS[C@@H]2C[C@](N)(CN3CCCCC3)C(=O)N21. The van der Waals surface area contributed by atoms with Gasteiger partial charge in [0.05, 0.1) is 5.37 Å². The zero-order valence-corrected chi connectivity index (χ0v) is 12.4. The standard InChI is InChI=1S/C13H22N4O2S/c14-11(18)9-7-20-10-6-13(15,12(19)17(9)10)8-16-4-2-1-3-5-16/h9-10H,1-8,15H2,(H2,14,18)/t9-,10+,13-/m0/s1. The molecule has 0 bridgehead atoms. The van der Waals surface area contributed by atoms with Gasteiger partial charge in [0, 0.05) is 18.7 Å². The maximum Gasteiger partial charge on any atom is 0.245 e. The van der Waals surface area contributed by atoms with E-state index in [0.29, 0.717) is 18.7 Å². The number of hydrogen-bond acceptors (Lipinski definition) is 5. The van der Waals surface area contributed by atoms with Crippen LogP contribution in [0, 0.1) is 0 Å². The summed E-state index contributed by atoms with van der Waals surface area (Å²) in [5, 5.41) is 0.0230. The summed E-state index contributed by atoms with van der Waals surface area (Å²) in [5.41, 5.74) is 10.9. The van der Waals surface area contributed by atoms with Gasteiger partial charge in [-0.25, -0.2) is 0 Å². The van der Waals surface area contributed by atoms with Gasteiger partial charge in [-0.2, -0.15) is 0 Å². The second kappa shape index (κ2) is 5.20. The molecule has 0 aromatic rings. The number of likely N-dealkylation sites (tertiary alicyclic amines) is 1. The zero-order chi connectivity index (χ0) is 14.3. The molecule has 0 spiro atoms. The molecule has 3 fully saturated rings. The molecule has 0 aromatic heterocycles. The molecule has 2 amide bonds. The highest BCUT2D eigenvalue weighted by Crippen LogP contribution is 2.41. The third-order valence-electron chi connectivity index (χ3n) is 4.57. The van der Waals surface area contributed by atoms with Crippen LogP contribution in [0.15, 0.2) is 0 Å². The van der Waals surface area contributed by atoms with Gasteiger partial charge in [-0.1, -0.05) is 6.42 Å². The molecule has 3 rings (SSSR count). The summed E-state index contributed by atoms with van der Waals surface area (Å²) in [5.74, 6) is 0.0865. The van der Waals surface area contributed by atoms with E-state index in [1.807, 2.05) is 0 Å². The highest BCUT2D eigenvalue weighted by atomic mass is 32.2. The largest absolute Gasteiger partial charge is 0.368 e. The molecule has 3 aliphatic heterocycles. The van der Waals surface area contributed by atoms with Crippen LogP contribution in [-0.4, -0.2) is 64.0 Å². The summed E-state index contributed by atoms with van der Waals surface area (Å²) in [7, 11) is 0. The molecule has 3 atom stereocenters. The third kappa shape index (κ3) is 2.31. The molecule has 7 heteroatoms. The Labute approximate surface area is 123 Å². The summed E-state index contributed by atoms with van der Waals surface area (Å²) in [6, 6.07) is -0.482. The van der Waals surface area contributed by atoms with Crippen molar-refractivity contribution in [2.24, 2.45) is 11.5 Å². The molecule has 20 heavy (non-hydrogen) atoms. The summed E-state index contributed by atoms with van der Waals surface area (Å²) in [4.78, 5) is 28.0.